The van der Waals surface area contributed by atoms with E-state index in [9.17, 15) is 8.78 Å². The van der Waals surface area contributed by atoms with E-state index >= 15 is 0 Å². The number of methoxy groups -OCH3 is 2. The minimum atomic E-state index is -1.46. The number of nitrogens with zero attached hydrogens (tertiary/aromatic N) is 4. The molecule has 0 aliphatic carbocycles. The summed E-state index contributed by atoms with van der Waals surface area (Å²) in [6.45, 7) is 6.34. The average molecular weight is 467 g/mol. The van der Waals surface area contributed by atoms with Gasteiger partial charge in [-0.05, 0) is 11.8 Å². The zero-order valence-electron chi connectivity index (χ0n) is 17.9. The molecule has 2 aromatic rings. The third-order valence-corrected chi connectivity index (χ3v) is 3.36. The van der Waals surface area contributed by atoms with E-state index in [1.165, 1.54) is 14.2 Å². The van der Waals surface area contributed by atoms with E-state index in [0.29, 0.717) is 5.82 Å². The predicted octanol–water partition coefficient (Wildman–Crippen LogP) is -3.92. The third-order valence-electron chi connectivity index (χ3n) is 2.49. The Hall–Kier alpha value is -1.52. The Morgan fingerprint density at radius 2 is 1.33 bits per heavy atom. The van der Waals surface area contributed by atoms with Crippen LogP contribution in [0.15, 0.2) is 12.4 Å². The number of ether oxygens (including phenoxy) is 2. The fourth-order valence-corrected chi connectivity index (χ4v) is 1.85. The van der Waals surface area contributed by atoms with Crippen molar-refractivity contribution >= 4 is 8.07 Å². The molecule has 0 unspecified atom stereocenters. The number of terminal acetylenes is 1. The fraction of sp³-hybridized carbons (Fsp3) is 0.333. The van der Waals surface area contributed by atoms with Crippen molar-refractivity contribution in [2.45, 2.75) is 19.6 Å². The van der Waals surface area contributed by atoms with Gasteiger partial charge in [-0.25, -0.2) is 9.97 Å². The zero-order chi connectivity index (χ0) is 21.7. The van der Waals surface area contributed by atoms with Gasteiger partial charge in [-0.2, -0.15) is 18.7 Å². The molecule has 30 heavy (non-hydrogen) atoms. The molecule has 0 bridgehead atoms. The number of rotatable bonds is 2. The van der Waals surface area contributed by atoms with Crippen molar-refractivity contribution in [3.63, 3.8) is 0 Å². The van der Waals surface area contributed by atoms with Crippen molar-refractivity contribution in [3.8, 4) is 35.6 Å². The molecule has 2 aromatic heterocycles. The van der Waals surface area contributed by atoms with Gasteiger partial charge in [-0.15, -0.1) is 12.0 Å². The van der Waals surface area contributed by atoms with E-state index in [1.807, 2.05) is 0 Å². The van der Waals surface area contributed by atoms with E-state index in [2.05, 4.69) is 61.7 Å². The van der Waals surface area contributed by atoms with Gasteiger partial charge in [-0.3, -0.25) is 0 Å². The van der Waals surface area contributed by atoms with Crippen molar-refractivity contribution in [1.29, 1.82) is 0 Å². The fourth-order valence-electron chi connectivity index (χ4n) is 1.36. The second kappa shape index (κ2) is 17.2. The molecular formula is C18H22F3KN4O3Si. The summed E-state index contributed by atoms with van der Waals surface area (Å²) >= 11 is 0. The first-order valence-electron chi connectivity index (χ1n) is 7.77. The molecule has 0 amide bonds. The maximum atomic E-state index is 13.0. The van der Waals surface area contributed by atoms with Gasteiger partial charge in [0.25, 0.3) is 11.8 Å². The first kappa shape index (κ1) is 33.1. The summed E-state index contributed by atoms with van der Waals surface area (Å²) in [5, 5.41) is 7.00. The van der Waals surface area contributed by atoms with E-state index in [-0.39, 0.29) is 73.7 Å². The van der Waals surface area contributed by atoms with Crippen LogP contribution >= 0.6 is 0 Å². The van der Waals surface area contributed by atoms with Crippen molar-refractivity contribution in [2.75, 3.05) is 21.3 Å². The summed E-state index contributed by atoms with van der Waals surface area (Å²) in [6, 6.07) is 0. The monoisotopic (exact) mass is 466 g/mol. The molecule has 12 heteroatoms. The summed E-state index contributed by atoms with van der Waals surface area (Å²) in [6.07, 6.45) is 7.01. The molecule has 0 saturated carbocycles. The Kier molecular flexibility index (Phi) is 19.0. The van der Waals surface area contributed by atoms with Gasteiger partial charge < -0.3 is 19.3 Å². The van der Waals surface area contributed by atoms with Gasteiger partial charge in [0.05, 0.1) is 26.6 Å². The Labute approximate surface area is 217 Å². The quantitative estimate of drug-likeness (QED) is 0.357. The van der Waals surface area contributed by atoms with Crippen LogP contribution in [0.3, 0.4) is 0 Å². The van der Waals surface area contributed by atoms with Crippen molar-refractivity contribution in [1.82, 2.24) is 19.9 Å². The zero-order valence-corrected chi connectivity index (χ0v) is 22.0. The third kappa shape index (κ3) is 12.9. The Balaban J connectivity index is -0.000000436. The molecule has 2 rings (SSSR count). The van der Waals surface area contributed by atoms with Gasteiger partial charge in [0, 0.05) is 7.11 Å². The number of hydrogen-bond donors (Lipinski definition) is 1. The number of hydrogen-bond acceptors (Lipinski definition) is 7. The van der Waals surface area contributed by atoms with Gasteiger partial charge in [-0.1, -0.05) is 19.6 Å². The molecule has 0 saturated heterocycles. The minimum absolute atomic E-state index is 0. The van der Waals surface area contributed by atoms with Crippen LogP contribution in [-0.2, 0) is 0 Å². The van der Waals surface area contributed by atoms with Crippen molar-refractivity contribution in [3.05, 3.63) is 35.7 Å². The van der Waals surface area contributed by atoms with Gasteiger partial charge in [0.2, 0.25) is 23.3 Å². The molecule has 7 nitrogen and oxygen atoms in total. The molecule has 0 aliphatic rings. The van der Waals surface area contributed by atoms with Crippen LogP contribution in [0.1, 0.15) is 11.6 Å². The molecule has 1 N–H and O–H groups in total. The molecule has 0 aliphatic heterocycles. The Bertz CT molecular complexity index is 882. The average Bonchev–Trinajstić information content (AvgIpc) is 2.69. The largest absolute Gasteiger partial charge is 1.00 e. The maximum Gasteiger partial charge on any atom is 1.00 e. The number of halogens is 3. The molecule has 0 atom stereocenters. The van der Waals surface area contributed by atoms with Crippen LogP contribution in [0.4, 0.5) is 8.78 Å². The summed E-state index contributed by atoms with van der Waals surface area (Å²) < 4.78 is 34.8. The first-order valence-corrected chi connectivity index (χ1v) is 11.3. The van der Waals surface area contributed by atoms with Gasteiger partial charge in [0.15, 0.2) is 0 Å². The SMILES string of the molecule is C#Cc1ncc(F)c(OC)n1.CO.COc1nc(C#C[Si](C)(C)C)ncc1F.[F-].[K+]. The van der Waals surface area contributed by atoms with E-state index < -0.39 is 19.7 Å². The molecule has 0 fully saturated rings. The Morgan fingerprint density at radius 1 is 0.933 bits per heavy atom. The van der Waals surface area contributed by atoms with E-state index in [4.69, 9.17) is 16.3 Å². The smallest absolute Gasteiger partial charge is 1.00 e. The predicted molar refractivity (Wildman–Crippen MR) is 103 cm³/mol. The van der Waals surface area contributed by atoms with E-state index in [1.54, 1.807) is 0 Å². The standard InChI is InChI=1S/C10H13FN2OSi.C7H5FN2O.CH4O.FH.K/c1-14-10-8(11)7-12-9(13-10)5-6-15(2,3)4;1-3-6-9-4-5(8)7(10-6)11-2;1-2;;/h7H,1-4H3;1,4H,2H3;2H,1H3;1H;/q;;;;+1/p-1. The van der Waals surface area contributed by atoms with Crippen LogP contribution < -0.4 is 65.6 Å². The molecule has 2 heterocycles. The minimum Gasteiger partial charge on any atom is -1.00 e. The van der Waals surface area contributed by atoms with Crippen LogP contribution in [0.5, 0.6) is 11.8 Å². The van der Waals surface area contributed by atoms with Gasteiger partial charge in [0.1, 0.15) is 8.07 Å². The second-order valence-electron chi connectivity index (χ2n) is 5.75. The molecule has 158 valence electrons. The van der Waals surface area contributed by atoms with Crippen LogP contribution in [0, 0.1) is 35.4 Å². The Morgan fingerprint density at radius 3 is 1.70 bits per heavy atom. The van der Waals surface area contributed by atoms with Crippen molar-refractivity contribution < 1.29 is 79.5 Å². The maximum absolute atomic E-state index is 13.0. The summed E-state index contributed by atoms with van der Waals surface area (Å²) in [5.41, 5.74) is 3.09. The van der Waals surface area contributed by atoms with Crippen LogP contribution in [0.2, 0.25) is 19.6 Å². The molecule has 0 spiro atoms. The first-order chi connectivity index (χ1) is 13.2. The topological polar surface area (TPSA) is 90.3 Å². The van der Waals surface area contributed by atoms with E-state index in [0.717, 1.165) is 19.5 Å². The molecular weight excluding hydrogens is 444 g/mol. The molecule has 0 radical (unpaired) electrons. The molecule has 0 aromatic carbocycles. The van der Waals surface area contributed by atoms with Crippen molar-refractivity contribution in [2.24, 2.45) is 0 Å². The summed E-state index contributed by atoms with van der Waals surface area (Å²) in [4.78, 5) is 14.7. The van der Waals surface area contributed by atoms with Crippen LogP contribution in [0.25, 0.3) is 0 Å². The second-order valence-corrected chi connectivity index (χ2v) is 10.5. The number of aliphatic hydroxyl groups excluding tert-OH is 1. The summed E-state index contributed by atoms with van der Waals surface area (Å²) in [5.74, 6) is 4.02. The number of aliphatic hydroxyl groups is 1. The summed E-state index contributed by atoms with van der Waals surface area (Å²) in [7, 11) is 2.22. The van der Waals surface area contributed by atoms with Crippen LogP contribution in [-0.4, -0.2) is 54.4 Å². The van der Waals surface area contributed by atoms with Gasteiger partial charge >= 0.3 is 51.4 Å². The number of aromatic nitrogens is 4. The normalized spacial score (nSPS) is 8.67.